The molecule has 0 radical (unpaired) electrons. The van der Waals surface area contributed by atoms with Crippen molar-refractivity contribution < 1.29 is 0 Å². The molecule has 0 saturated heterocycles. The number of aromatic amines is 1. The summed E-state index contributed by atoms with van der Waals surface area (Å²) in [5.41, 5.74) is 10.6. The van der Waals surface area contributed by atoms with Crippen molar-refractivity contribution in [2.75, 3.05) is 0 Å². The van der Waals surface area contributed by atoms with E-state index in [2.05, 4.69) is 29.2 Å². The summed E-state index contributed by atoms with van der Waals surface area (Å²) in [5, 5.41) is 1.42. The molecule has 2 aliphatic carbocycles. The summed E-state index contributed by atoms with van der Waals surface area (Å²) in [6.45, 7) is 0. The highest BCUT2D eigenvalue weighted by Gasteiger charge is 2.36. The van der Waals surface area contributed by atoms with Crippen molar-refractivity contribution in [1.29, 1.82) is 0 Å². The molecule has 2 aromatic rings. The minimum atomic E-state index is 0.424. The lowest BCUT2D eigenvalue weighted by atomic mass is 9.69. The molecule has 3 unspecified atom stereocenters. The second-order valence-corrected chi connectivity index (χ2v) is 5.70. The van der Waals surface area contributed by atoms with Gasteiger partial charge in [-0.1, -0.05) is 18.2 Å². The minimum Gasteiger partial charge on any atom is -0.358 e. The normalized spacial score (nSPS) is 31.5. The Bertz CT molecular complexity index is 569. The third kappa shape index (κ3) is 1.31. The van der Waals surface area contributed by atoms with Crippen LogP contribution in [0.3, 0.4) is 0 Å². The van der Waals surface area contributed by atoms with E-state index in [0.717, 1.165) is 5.92 Å². The van der Waals surface area contributed by atoms with Crippen LogP contribution in [-0.4, -0.2) is 11.0 Å². The lowest BCUT2D eigenvalue weighted by Crippen LogP contribution is -2.39. The lowest BCUT2D eigenvalue weighted by molar-refractivity contribution is 0.257. The first-order valence-electron chi connectivity index (χ1n) is 6.68. The fourth-order valence-electron chi connectivity index (χ4n) is 3.84. The van der Waals surface area contributed by atoms with E-state index in [9.17, 15) is 0 Å². The van der Waals surface area contributed by atoms with E-state index in [4.69, 9.17) is 5.73 Å². The molecule has 2 bridgehead atoms. The monoisotopic (exact) mass is 226 g/mol. The fraction of sp³-hybridized carbons (Fsp3) is 0.467. The summed E-state index contributed by atoms with van der Waals surface area (Å²) in [7, 11) is 0. The molecule has 2 heteroatoms. The smallest absolute Gasteiger partial charge is 0.0459 e. The highest BCUT2D eigenvalue weighted by atomic mass is 14.8. The Labute approximate surface area is 101 Å². The SMILES string of the molecule is NC1CCC2CC1Cc1c2[nH]c2ccccc12. The van der Waals surface area contributed by atoms with Crippen LogP contribution in [0.25, 0.3) is 10.9 Å². The molecule has 1 saturated carbocycles. The molecule has 1 fully saturated rings. The maximum Gasteiger partial charge on any atom is 0.0459 e. The molecule has 4 rings (SSSR count). The Hall–Kier alpha value is -1.28. The molecule has 3 atom stereocenters. The number of H-pyrrole nitrogens is 1. The third-order valence-electron chi connectivity index (χ3n) is 4.76. The summed E-state index contributed by atoms with van der Waals surface area (Å²) in [6, 6.07) is 9.12. The maximum absolute atomic E-state index is 6.25. The first-order chi connectivity index (χ1) is 8.33. The molecule has 1 aromatic heterocycles. The van der Waals surface area contributed by atoms with Gasteiger partial charge in [0.1, 0.15) is 0 Å². The molecule has 2 aliphatic rings. The standard InChI is InChI=1S/C15H18N2/c16-13-6-5-9-7-10(13)8-12-11-3-1-2-4-14(11)17-15(9)12/h1-4,9-10,13,17H,5-8,16H2. The van der Waals surface area contributed by atoms with Crippen molar-refractivity contribution >= 4 is 10.9 Å². The molecule has 0 aliphatic heterocycles. The van der Waals surface area contributed by atoms with Gasteiger partial charge in [0.15, 0.2) is 0 Å². The maximum atomic E-state index is 6.25. The van der Waals surface area contributed by atoms with E-state index in [1.807, 2.05) is 0 Å². The summed E-state index contributed by atoms with van der Waals surface area (Å²) in [5.74, 6) is 1.44. The second kappa shape index (κ2) is 3.36. The summed E-state index contributed by atoms with van der Waals surface area (Å²) < 4.78 is 0. The van der Waals surface area contributed by atoms with Crippen LogP contribution in [0, 0.1) is 5.92 Å². The zero-order valence-electron chi connectivity index (χ0n) is 9.95. The van der Waals surface area contributed by atoms with Crippen LogP contribution in [0.5, 0.6) is 0 Å². The highest BCUT2D eigenvalue weighted by molar-refractivity contribution is 5.85. The number of nitrogens with two attached hydrogens (primary N) is 1. The van der Waals surface area contributed by atoms with Crippen LogP contribution in [0.1, 0.15) is 36.4 Å². The van der Waals surface area contributed by atoms with Crippen LogP contribution in [-0.2, 0) is 6.42 Å². The Morgan fingerprint density at radius 3 is 3.00 bits per heavy atom. The zero-order chi connectivity index (χ0) is 11.4. The van der Waals surface area contributed by atoms with Crippen LogP contribution in [0.2, 0.25) is 0 Å². The lowest BCUT2D eigenvalue weighted by Gasteiger charge is -2.38. The van der Waals surface area contributed by atoms with Crippen molar-refractivity contribution in [1.82, 2.24) is 4.98 Å². The van der Waals surface area contributed by atoms with Crippen molar-refractivity contribution in [3.05, 3.63) is 35.5 Å². The summed E-state index contributed by atoms with van der Waals surface area (Å²) in [6.07, 6.45) is 4.93. The highest BCUT2D eigenvalue weighted by Crippen LogP contribution is 2.45. The number of para-hydroxylation sites is 1. The number of benzene rings is 1. The van der Waals surface area contributed by atoms with E-state index in [-0.39, 0.29) is 0 Å². The minimum absolute atomic E-state index is 0.424. The molecule has 0 amide bonds. The van der Waals surface area contributed by atoms with Gasteiger partial charge in [-0.3, -0.25) is 0 Å². The largest absolute Gasteiger partial charge is 0.358 e. The number of rotatable bonds is 0. The number of hydrogen-bond donors (Lipinski definition) is 2. The van der Waals surface area contributed by atoms with Gasteiger partial charge in [0.05, 0.1) is 0 Å². The van der Waals surface area contributed by atoms with Gasteiger partial charge < -0.3 is 10.7 Å². The van der Waals surface area contributed by atoms with Crippen LogP contribution < -0.4 is 5.73 Å². The van der Waals surface area contributed by atoms with Crippen molar-refractivity contribution in [2.24, 2.45) is 11.7 Å². The van der Waals surface area contributed by atoms with E-state index in [0.29, 0.717) is 12.0 Å². The van der Waals surface area contributed by atoms with Gasteiger partial charge in [-0.05, 0) is 49.1 Å². The average Bonchev–Trinajstić information content (AvgIpc) is 2.73. The van der Waals surface area contributed by atoms with Gasteiger partial charge in [-0.15, -0.1) is 0 Å². The third-order valence-corrected chi connectivity index (χ3v) is 4.76. The molecular formula is C15H18N2. The molecule has 17 heavy (non-hydrogen) atoms. The summed E-state index contributed by atoms with van der Waals surface area (Å²) in [4.78, 5) is 3.65. The van der Waals surface area contributed by atoms with E-state index in [1.165, 1.54) is 42.3 Å². The molecule has 1 heterocycles. The Balaban J connectivity index is 1.93. The van der Waals surface area contributed by atoms with E-state index >= 15 is 0 Å². The molecule has 2 nitrogen and oxygen atoms in total. The zero-order valence-corrected chi connectivity index (χ0v) is 9.95. The first-order valence-corrected chi connectivity index (χ1v) is 6.68. The van der Waals surface area contributed by atoms with Crippen LogP contribution in [0.4, 0.5) is 0 Å². The number of hydrogen-bond acceptors (Lipinski definition) is 1. The summed E-state index contributed by atoms with van der Waals surface area (Å²) >= 11 is 0. The molecule has 0 spiro atoms. The van der Waals surface area contributed by atoms with Gasteiger partial charge in [-0.2, -0.15) is 0 Å². The van der Waals surface area contributed by atoms with Gasteiger partial charge >= 0.3 is 0 Å². The van der Waals surface area contributed by atoms with Crippen molar-refractivity contribution in [2.45, 2.75) is 37.6 Å². The number of nitrogens with one attached hydrogen (secondary N) is 1. The van der Waals surface area contributed by atoms with Gasteiger partial charge in [0, 0.05) is 22.6 Å². The average molecular weight is 226 g/mol. The predicted octanol–water partition coefficient (Wildman–Crippen LogP) is 2.94. The van der Waals surface area contributed by atoms with Crippen molar-refractivity contribution in [3.8, 4) is 0 Å². The Morgan fingerprint density at radius 2 is 2.06 bits per heavy atom. The molecule has 1 aromatic carbocycles. The van der Waals surface area contributed by atoms with Crippen molar-refractivity contribution in [3.63, 3.8) is 0 Å². The van der Waals surface area contributed by atoms with Gasteiger partial charge in [0.2, 0.25) is 0 Å². The van der Waals surface area contributed by atoms with Crippen LogP contribution >= 0.6 is 0 Å². The number of aromatic nitrogens is 1. The Kier molecular flexibility index (Phi) is 1.92. The van der Waals surface area contributed by atoms with E-state index < -0.39 is 0 Å². The van der Waals surface area contributed by atoms with Gasteiger partial charge in [0.25, 0.3) is 0 Å². The quantitative estimate of drug-likeness (QED) is 0.712. The van der Waals surface area contributed by atoms with Gasteiger partial charge in [-0.25, -0.2) is 0 Å². The van der Waals surface area contributed by atoms with E-state index in [1.54, 1.807) is 5.56 Å². The second-order valence-electron chi connectivity index (χ2n) is 5.70. The predicted molar refractivity (Wildman–Crippen MR) is 70.1 cm³/mol. The molecule has 3 N–H and O–H groups in total. The van der Waals surface area contributed by atoms with Crippen LogP contribution in [0.15, 0.2) is 24.3 Å². The number of fused-ring (bicyclic) bond motifs is 6. The molecule has 88 valence electrons. The topological polar surface area (TPSA) is 41.8 Å². The fourth-order valence-corrected chi connectivity index (χ4v) is 3.84. The molecular weight excluding hydrogens is 208 g/mol. The first kappa shape index (κ1) is 9.72. The Morgan fingerprint density at radius 1 is 1.18 bits per heavy atom.